The van der Waals surface area contributed by atoms with Crippen LogP contribution in [-0.2, 0) is 0 Å². The number of carboxylic acids is 1. The van der Waals surface area contributed by atoms with Crippen LogP contribution in [0.4, 0.5) is 0 Å². The summed E-state index contributed by atoms with van der Waals surface area (Å²) in [6, 6.07) is 25.9. The van der Waals surface area contributed by atoms with Crippen LogP contribution in [0.1, 0.15) is 10.4 Å². The lowest BCUT2D eigenvalue weighted by Crippen LogP contribution is -1.96. The van der Waals surface area contributed by atoms with Gasteiger partial charge in [0.05, 0.1) is 16.6 Å². The molecule has 1 N–H and O–H groups in total. The van der Waals surface area contributed by atoms with E-state index in [9.17, 15) is 9.90 Å². The van der Waals surface area contributed by atoms with Crippen molar-refractivity contribution < 1.29 is 9.90 Å². The first kappa shape index (κ1) is 14.7. The van der Waals surface area contributed by atoms with Crippen molar-refractivity contribution in [1.82, 2.24) is 4.40 Å². The summed E-state index contributed by atoms with van der Waals surface area (Å²) in [6.45, 7) is 0. The van der Waals surface area contributed by atoms with Gasteiger partial charge in [-0.15, -0.1) is 0 Å². The number of fused-ring (bicyclic) bond motifs is 5. The fraction of sp³-hybridized carbons (Fsp3) is 0. The van der Waals surface area contributed by atoms with Crippen LogP contribution >= 0.6 is 0 Å². The molecule has 0 bridgehead atoms. The second kappa shape index (κ2) is 5.46. The number of carbonyl (C=O) groups is 1. The van der Waals surface area contributed by atoms with Gasteiger partial charge in [0, 0.05) is 17.0 Å². The first-order valence-corrected chi connectivity index (χ1v) is 8.49. The Morgan fingerprint density at radius 2 is 1.58 bits per heavy atom. The Labute approximate surface area is 149 Å². The van der Waals surface area contributed by atoms with Crippen molar-refractivity contribution in [3.05, 3.63) is 90.6 Å². The quantitative estimate of drug-likeness (QED) is 0.455. The molecule has 0 atom stereocenters. The number of hydrogen-bond donors (Lipinski definition) is 1. The largest absolute Gasteiger partial charge is 0.478 e. The van der Waals surface area contributed by atoms with Crippen LogP contribution < -0.4 is 0 Å². The Balaban J connectivity index is 2.13. The maximum Gasteiger partial charge on any atom is 0.338 e. The lowest BCUT2D eigenvalue weighted by atomic mass is 9.94. The highest BCUT2D eigenvalue weighted by Crippen LogP contribution is 2.39. The van der Waals surface area contributed by atoms with Gasteiger partial charge in [-0.2, -0.15) is 0 Å². The summed E-state index contributed by atoms with van der Waals surface area (Å²) in [5, 5.41) is 12.9. The smallest absolute Gasteiger partial charge is 0.338 e. The van der Waals surface area contributed by atoms with E-state index in [2.05, 4.69) is 18.2 Å². The second-order valence-electron chi connectivity index (χ2n) is 6.37. The van der Waals surface area contributed by atoms with Crippen molar-refractivity contribution in [2.24, 2.45) is 0 Å². The van der Waals surface area contributed by atoms with Crippen LogP contribution in [0.5, 0.6) is 0 Å². The fourth-order valence-electron chi connectivity index (χ4n) is 3.86. The number of carboxylic acid groups (broad SMARTS) is 1. The topological polar surface area (TPSA) is 41.7 Å². The monoisotopic (exact) mass is 337 g/mol. The van der Waals surface area contributed by atoms with Crippen molar-refractivity contribution >= 4 is 33.2 Å². The molecule has 0 aliphatic carbocycles. The molecule has 26 heavy (non-hydrogen) atoms. The number of aromatic carboxylic acids is 1. The molecule has 5 aromatic rings. The van der Waals surface area contributed by atoms with Gasteiger partial charge < -0.3 is 9.51 Å². The Bertz CT molecular complexity index is 1300. The van der Waals surface area contributed by atoms with E-state index in [1.54, 1.807) is 0 Å². The number of hydrogen-bond acceptors (Lipinski definition) is 1. The van der Waals surface area contributed by atoms with Gasteiger partial charge in [-0.3, -0.25) is 0 Å². The van der Waals surface area contributed by atoms with Crippen molar-refractivity contribution in [1.29, 1.82) is 0 Å². The molecule has 3 heteroatoms. The zero-order chi connectivity index (χ0) is 17.7. The molecule has 2 aromatic heterocycles. The minimum Gasteiger partial charge on any atom is -0.478 e. The highest BCUT2D eigenvalue weighted by atomic mass is 16.4. The lowest BCUT2D eigenvalue weighted by molar-refractivity contribution is 0.0701. The van der Waals surface area contributed by atoms with Gasteiger partial charge in [0.25, 0.3) is 0 Å². The summed E-state index contributed by atoms with van der Waals surface area (Å²) >= 11 is 0. The number of aromatic nitrogens is 1. The van der Waals surface area contributed by atoms with E-state index >= 15 is 0 Å². The number of rotatable bonds is 2. The van der Waals surface area contributed by atoms with E-state index in [-0.39, 0.29) is 0 Å². The highest BCUT2D eigenvalue weighted by Gasteiger charge is 2.22. The molecule has 124 valence electrons. The first-order valence-electron chi connectivity index (χ1n) is 8.49. The molecule has 0 saturated carbocycles. The maximum atomic E-state index is 12.2. The summed E-state index contributed by atoms with van der Waals surface area (Å²) in [7, 11) is 0. The zero-order valence-electron chi connectivity index (χ0n) is 13.9. The summed E-state index contributed by atoms with van der Waals surface area (Å²) in [6.07, 6.45) is 1.94. The molecular weight excluding hydrogens is 322 g/mol. The molecule has 0 aliphatic rings. The molecule has 3 nitrogen and oxygen atoms in total. The second-order valence-corrected chi connectivity index (χ2v) is 6.37. The molecule has 0 spiro atoms. The Hall–Kier alpha value is -3.59. The summed E-state index contributed by atoms with van der Waals surface area (Å²) < 4.78 is 1.99. The minimum absolute atomic E-state index is 0.352. The minimum atomic E-state index is -0.906. The van der Waals surface area contributed by atoms with Gasteiger partial charge in [0.1, 0.15) is 0 Å². The van der Waals surface area contributed by atoms with E-state index in [4.69, 9.17) is 0 Å². The summed E-state index contributed by atoms with van der Waals surface area (Å²) in [5.74, 6) is -0.906. The predicted molar refractivity (Wildman–Crippen MR) is 105 cm³/mol. The molecule has 0 radical (unpaired) electrons. The van der Waals surface area contributed by atoms with Crippen LogP contribution in [0, 0.1) is 0 Å². The molecule has 2 heterocycles. The average molecular weight is 337 g/mol. The maximum absolute atomic E-state index is 12.2. The van der Waals surface area contributed by atoms with Crippen molar-refractivity contribution in [2.75, 3.05) is 0 Å². The zero-order valence-corrected chi connectivity index (χ0v) is 13.9. The van der Waals surface area contributed by atoms with Crippen LogP contribution in [0.3, 0.4) is 0 Å². The SMILES string of the molecule is O=C(O)c1c2c(-c3ccccc3)cc3ccccc3c2n2ccccc12. The molecule has 3 aromatic carbocycles. The molecule has 0 aliphatic heterocycles. The Morgan fingerprint density at radius 3 is 2.38 bits per heavy atom. The molecule has 5 rings (SSSR count). The lowest BCUT2D eigenvalue weighted by Gasteiger charge is -2.09. The van der Waals surface area contributed by atoms with E-state index in [0.717, 1.165) is 32.8 Å². The van der Waals surface area contributed by atoms with Crippen LogP contribution in [0.15, 0.2) is 85.1 Å². The fourth-order valence-corrected chi connectivity index (χ4v) is 3.86. The third kappa shape index (κ3) is 1.97. The summed E-state index contributed by atoms with van der Waals surface area (Å²) in [4.78, 5) is 12.2. The molecule has 0 amide bonds. The van der Waals surface area contributed by atoms with Crippen molar-refractivity contribution in [3.8, 4) is 11.1 Å². The molecule has 0 fully saturated rings. The third-order valence-corrected chi connectivity index (χ3v) is 4.93. The number of pyridine rings is 1. The van der Waals surface area contributed by atoms with Crippen LogP contribution in [-0.4, -0.2) is 15.5 Å². The van der Waals surface area contributed by atoms with Crippen molar-refractivity contribution in [3.63, 3.8) is 0 Å². The van der Waals surface area contributed by atoms with Crippen molar-refractivity contribution in [2.45, 2.75) is 0 Å². The predicted octanol–water partition coefficient (Wildman–Crippen LogP) is 5.61. The molecule has 0 saturated heterocycles. The molecule has 0 unspecified atom stereocenters. The Morgan fingerprint density at radius 1 is 0.846 bits per heavy atom. The average Bonchev–Trinajstić information content (AvgIpc) is 3.04. The number of benzene rings is 3. The van der Waals surface area contributed by atoms with Crippen LogP contribution in [0.2, 0.25) is 0 Å². The van der Waals surface area contributed by atoms with Crippen LogP contribution in [0.25, 0.3) is 38.3 Å². The third-order valence-electron chi connectivity index (χ3n) is 4.93. The number of nitrogens with zero attached hydrogens (tertiary/aromatic N) is 1. The molecular formula is C23H15NO2. The van der Waals surface area contributed by atoms with Gasteiger partial charge in [0.2, 0.25) is 0 Å². The highest BCUT2D eigenvalue weighted by molar-refractivity contribution is 6.22. The first-order chi connectivity index (χ1) is 12.8. The van der Waals surface area contributed by atoms with E-state index in [1.165, 1.54) is 0 Å². The van der Waals surface area contributed by atoms with E-state index in [1.807, 2.05) is 71.3 Å². The van der Waals surface area contributed by atoms with Gasteiger partial charge in [-0.1, -0.05) is 60.7 Å². The van der Waals surface area contributed by atoms with Gasteiger partial charge in [0.15, 0.2) is 0 Å². The van der Waals surface area contributed by atoms with E-state index < -0.39 is 5.97 Å². The van der Waals surface area contributed by atoms with Gasteiger partial charge in [-0.25, -0.2) is 4.79 Å². The Kier molecular flexibility index (Phi) is 3.09. The van der Waals surface area contributed by atoms with E-state index in [0.29, 0.717) is 11.1 Å². The van der Waals surface area contributed by atoms with Gasteiger partial charge in [-0.05, 0) is 34.7 Å². The van der Waals surface area contributed by atoms with Gasteiger partial charge >= 0.3 is 5.97 Å². The normalized spacial score (nSPS) is 11.4. The summed E-state index contributed by atoms with van der Waals surface area (Å²) in [5.41, 5.74) is 3.96. The standard InChI is InChI=1S/C23H15NO2/c25-23(26)21-19-12-6-7-13-24(19)22-17-11-5-4-10-16(17)14-18(20(21)22)15-8-2-1-3-9-15/h1-14H,(H,25,26).